The molecule has 0 bridgehead atoms. The molecule has 6 aromatic carbocycles. The fourth-order valence-corrected chi connectivity index (χ4v) is 10.0. The number of aromatic nitrogens is 1. The Kier molecular flexibility index (Phi) is 11.6. The largest absolute Gasteiger partial charge is 0.501 e. The van der Waals surface area contributed by atoms with E-state index in [1.807, 2.05) is 45.0 Å². The van der Waals surface area contributed by atoms with Crippen LogP contribution in [0.25, 0.3) is 44.3 Å². The molecule has 1 atom stereocenters. The van der Waals surface area contributed by atoms with E-state index in [4.69, 9.17) is 16.3 Å². The molecule has 1 aliphatic rings. The molecule has 0 N–H and O–H groups in total. The van der Waals surface area contributed by atoms with Crippen LogP contribution < -0.4 is 5.19 Å². The van der Waals surface area contributed by atoms with E-state index in [1.54, 1.807) is 18.3 Å². The Bertz CT molecular complexity index is 3090. The van der Waals surface area contributed by atoms with Crippen molar-refractivity contribution in [2.75, 3.05) is 0 Å². The molecule has 0 aliphatic carbocycles. The fourth-order valence-electron chi connectivity index (χ4n) is 8.62. The monoisotopic (exact) mass is 1030 g/mol. The molecule has 9 rings (SSSR count). The molecule has 0 amide bonds. The quantitative estimate of drug-likeness (QED) is 0.112. The van der Waals surface area contributed by atoms with Crippen molar-refractivity contribution in [2.24, 2.45) is 10.4 Å². The summed E-state index contributed by atoms with van der Waals surface area (Å²) in [7, 11) is -1.81. The average Bonchev–Trinajstić information content (AvgIpc) is 3.87. The van der Waals surface area contributed by atoms with Gasteiger partial charge in [0.15, 0.2) is 0 Å². The topological polar surface area (TPSA) is 38.4 Å². The molecule has 8 aromatic rings. The summed E-state index contributed by atoms with van der Waals surface area (Å²) in [5, 5.41) is 3.23. The van der Waals surface area contributed by atoms with Crippen LogP contribution in [0.4, 0.5) is 5.69 Å². The molecule has 0 saturated heterocycles. The smallest absolute Gasteiger partial charge is 0.120 e. The van der Waals surface area contributed by atoms with Gasteiger partial charge in [0.2, 0.25) is 0 Å². The Labute approximate surface area is 397 Å². The third kappa shape index (κ3) is 9.67. The van der Waals surface area contributed by atoms with Gasteiger partial charge in [0.25, 0.3) is 0 Å². The summed E-state index contributed by atoms with van der Waals surface area (Å²) >= 11 is 0. The van der Waals surface area contributed by atoms with E-state index in [1.165, 1.54) is 39.4 Å². The maximum Gasteiger partial charge on any atom is 0.120 e. The minimum absolute atomic E-state index is 0. The van der Waals surface area contributed by atoms with E-state index in [-0.39, 0.29) is 31.6 Å². The second-order valence-corrected chi connectivity index (χ2v) is 24.2. The van der Waals surface area contributed by atoms with Crippen molar-refractivity contribution in [3.05, 3.63) is 185 Å². The maximum absolute atomic E-state index is 8.79. The van der Waals surface area contributed by atoms with Crippen LogP contribution in [0, 0.1) is 24.4 Å². The molecule has 5 heteroatoms. The van der Waals surface area contributed by atoms with Gasteiger partial charge in [-0.2, -0.15) is 0 Å². The first-order valence-electron chi connectivity index (χ1n) is 24.3. The zero-order chi connectivity index (χ0) is 48.2. The molecule has 2 aromatic heterocycles. The van der Waals surface area contributed by atoms with Gasteiger partial charge in [0, 0.05) is 44.5 Å². The van der Waals surface area contributed by atoms with Crippen LogP contribution in [-0.4, -0.2) is 18.8 Å². The van der Waals surface area contributed by atoms with Crippen LogP contribution >= 0.6 is 0 Å². The fraction of sp³-hybridized carbons (Fsp3) is 0.276. The first-order valence-corrected chi connectivity index (χ1v) is 25.3. The number of furan rings is 1. The molecule has 0 saturated carbocycles. The van der Waals surface area contributed by atoms with Gasteiger partial charge in [0.1, 0.15) is 5.58 Å². The van der Waals surface area contributed by atoms with Gasteiger partial charge in [-0.3, -0.25) is 4.99 Å². The third-order valence-electron chi connectivity index (χ3n) is 11.6. The molecule has 3 heterocycles. The summed E-state index contributed by atoms with van der Waals surface area (Å²) < 4.78 is 46.5. The number of pyridine rings is 1. The average molecular weight is 1030 g/mol. The molecule has 1 aliphatic heterocycles. The van der Waals surface area contributed by atoms with Crippen LogP contribution in [0.5, 0.6) is 0 Å². The van der Waals surface area contributed by atoms with Gasteiger partial charge in [-0.15, -0.1) is 53.6 Å². The molecular formula is C58H60IrN2OSi-2. The number of aliphatic imine (C=N–C) groups is 1. The van der Waals surface area contributed by atoms with E-state index in [0.29, 0.717) is 28.7 Å². The zero-order valence-electron chi connectivity index (χ0n) is 43.1. The van der Waals surface area contributed by atoms with Crippen molar-refractivity contribution in [2.45, 2.75) is 99.1 Å². The number of para-hydroxylation sites is 2. The minimum Gasteiger partial charge on any atom is -0.501 e. The second-order valence-electron chi connectivity index (χ2n) is 19.2. The van der Waals surface area contributed by atoms with E-state index < -0.39 is 26.7 Å². The molecule has 323 valence electrons. The van der Waals surface area contributed by atoms with Gasteiger partial charge in [-0.05, 0) is 85.7 Å². The third-order valence-corrected chi connectivity index (χ3v) is 13.6. The SMILES string of the molecule is CC(C)c1cc(-c2ccccc2)cc(C(C)C)c1C1C(c2[c-]ccc3c2oc2ccccc23)=Nc2ccccc21.[2H]C([2H])([2H])c1c[c-]c(-c2cc(C([2H])([2H])C(C)(C)C)c([Si](C)(C)C)cn2)cc1.[Ir]. The summed E-state index contributed by atoms with van der Waals surface area (Å²) in [6.07, 6.45) is 0.269. The van der Waals surface area contributed by atoms with E-state index in [9.17, 15) is 0 Å². The summed E-state index contributed by atoms with van der Waals surface area (Å²) in [5.74, 6) is 0.679. The van der Waals surface area contributed by atoms with Gasteiger partial charge < -0.3 is 9.40 Å². The molecule has 0 spiro atoms. The van der Waals surface area contributed by atoms with Gasteiger partial charge in [-0.1, -0.05) is 176 Å². The van der Waals surface area contributed by atoms with E-state index in [2.05, 4.69) is 149 Å². The second kappa shape index (κ2) is 18.5. The molecule has 1 radical (unpaired) electrons. The predicted molar refractivity (Wildman–Crippen MR) is 266 cm³/mol. The Morgan fingerprint density at radius 2 is 1.46 bits per heavy atom. The number of aryl methyl sites for hydroxylation is 1. The van der Waals surface area contributed by atoms with Crippen molar-refractivity contribution in [1.29, 1.82) is 0 Å². The summed E-state index contributed by atoms with van der Waals surface area (Å²) in [5.41, 5.74) is 14.2. The van der Waals surface area contributed by atoms with Crippen molar-refractivity contribution < 1.29 is 31.4 Å². The summed E-state index contributed by atoms with van der Waals surface area (Å²) in [4.78, 5) is 9.87. The van der Waals surface area contributed by atoms with Crippen molar-refractivity contribution >= 4 is 46.6 Å². The van der Waals surface area contributed by atoms with Crippen LogP contribution in [0.2, 0.25) is 19.6 Å². The molecule has 3 nitrogen and oxygen atoms in total. The predicted octanol–water partition coefficient (Wildman–Crippen LogP) is 15.6. The van der Waals surface area contributed by atoms with Gasteiger partial charge in [-0.25, -0.2) is 0 Å². The molecule has 0 fully saturated rings. The molecule has 1 unspecified atom stereocenters. The van der Waals surface area contributed by atoms with Crippen LogP contribution in [0.1, 0.15) is 112 Å². The van der Waals surface area contributed by atoms with Gasteiger partial charge in [0.05, 0.1) is 19.3 Å². The number of rotatable bonds is 8. The Balaban J connectivity index is 0.000000215. The maximum atomic E-state index is 8.79. The first-order chi connectivity index (χ1) is 31.6. The standard InChI is InChI=1S/C38H32NO.C20H28NSi.Ir/c1-23(2)31-21-26(25-13-6-5-7-14-25)22-32(24(3)4)35(31)36-29-16-8-10-19-33(29)39-37(36)30-18-12-17-28-27-15-9-11-20-34(27)40-38(28)30;1-15-8-10-16(11-9-15)18-12-17(13-20(2,3)4)19(14-21-18)22(5,6)7;/h5-17,19-24,36H,1-4H3;8-10,12,14H,13H2,1-7H3;/q2*-1;/i;1D3,13D2;. The van der Waals surface area contributed by atoms with Gasteiger partial charge >= 0.3 is 0 Å². The number of hydrogen-bond donors (Lipinski definition) is 0. The number of fused-ring (bicyclic) bond motifs is 4. The minimum atomic E-state index is -2.17. The Morgan fingerprint density at radius 1 is 0.778 bits per heavy atom. The van der Waals surface area contributed by atoms with E-state index >= 15 is 0 Å². The first kappa shape index (κ1) is 39.4. The summed E-state index contributed by atoms with van der Waals surface area (Å²) in [6, 6.07) is 49.6. The Morgan fingerprint density at radius 3 is 2.11 bits per heavy atom. The normalized spacial score (nSPS) is 15.4. The number of benzene rings is 6. The zero-order valence-corrected chi connectivity index (χ0v) is 41.5. The summed E-state index contributed by atoms with van der Waals surface area (Å²) in [6.45, 7) is 19.3. The number of hydrogen-bond acceptors (Lipinski definition) is 3. The van der Waals surface area contributed by atoms with Crippen LogP contribution in [0.3, 0.4) is 0 Å². The Hall–Kier alpha value is -5.19. The van der Waals surface area contributed by atoms with Crippen molar-refractivity contribution in [3.63, 3.8) is 0 Å². The van der Waals surface area contributed by atoms with Crippen molar-refractivity contribution in [1.82, 2.24) is 4.98 Å². The number of nitrogens with zero attached hydrogens (tertiary/aromatic N) is 2. The van der Waals surface area contributed by atoms with Crippen LogP contribution in [0.15, 0.2) is 143 Å². The molecule has 63 heavy (non-hydrogen) atoms. The molecular weight excluding hydrogens is 961 g/mol. The van der Waals surface area contributed by atoms with Crippen LogP contribution in [-0.2, 0) is 26.5 Å². The van der Waals surface area contributed by atoms with E-state index in [0.717, 1.165) is 44.1 Å². The van der Waals surface area contributed by atoms with Crippen molar-refractivity contribution in [3.8, 4) is 22.4 Å².